The van der Waals surface area contributed by atoms with Gasteiger partial charge in [0.15, 0.2) is 5.65 Å². The van der Waals surface area contributed by atoms with E-state index in [0.717, 1.165) is 5.69 Å². The summed E-state index contributed by atoms with van der Waals surface area (Å²) in [6.45, 7) is 1.79. The normalized spacial score (nSPS) is 18.7. The number of hydrogen-bond acceptors (Lipinski definition) is 5. The van der Waals surface area contributed by atoms with Crippen LogP contribution >= 0.6 is 12.4 Å². The van der Waals surface area contributed by atoms with Gasteiger partial charge in [0.1, 0.15) is 0 Å². The lowest BCUT2D eigenvalue weighted by atomic mass is 9.88. The highest BCUT2D eigenvalue weighted by molar-refractivity contribution is 5.85. The summed E-state index contributed by atoms with van der Waals surface area (Å²) in [6.07, 6.45) is 4.97. The number of carbonyl (C=O) groups excluding carboxylic acids is 1. The zero-order chi connectivity index (χ0) is 19.8. The van der Waals surface area contributed by atoms with E-state index in [4.69, 9.17) is 10.5 Å². The van der Waals surface area contributed by atoms with E-state index in [-0.39, 0.29) is 25.1 Å². The van der Waals surface area contributed by atoms with Crippen molar-refractivity contribution in [2.45, 2.75) is 57.4 Å². The largest absolute Gasteiger partial charge is 0.466 e. The molecule has 0 radical (unpaired) electrons. The van der Waals surface area contributed by atoms with Crippen molar-refractivity contribution in [3.8, 4) is 0 Å². The zero-order valence-corrected chi connectivity index (χ0v) is 17.2. The molecule has 160 valence electrons. The van der Waals surface area contributed by atoms with Crippen molar-refractivity contribution in [3.63, 3.8) is 0 Å². The standard InChI is InChI=1S/C20H26F2N4O2.ClH/c1-2-28-20(27)14(8-16(21)22)13-7-17-25-15(10-26(17)24-9-13)19(23)18(11-3-4-11)12-5-6-12;/h7,9-12,14,16,18-19H,2-6,8,23H2,1H3;1H/t14?,19-;/m1./s1. The van der Waals surface area contributed by atoms with Crippen LogP contribution in [-0.2, 0) is 9.53 Å². The topological polar surface area (TPSA) is 82.5 Å². The fourth-order valence-corrected chi connectivity index (χ4v) is 4.18. The lowest BCUT2D eigenvalue weighted by Gasteiger charge is -2.21. The van der Waals surface area contributed by atoms with Gasteiger partial charge in [-0.05, 0) is 62.0 Å². The molecule has 2 fully saturated rings. The van der Waals surface area contributed by atoms with Gasteiger partial charge >= 0.3 is 5.97 Å². The molecule has 2 atom stereocenters. The van der Waals surface area contributed by atoms with Crippen molar-refractivity contribution < 1.29 is 18.3 Å². The highest BCUT2D eigenvalue weighted by Gasteiger charge is 2.45. The Hall–Kier alpha value is -1.80. The smallest absolute Gasteiger partial charge is 0.313 e. The summed E-state index contributed by atoms with van der Waals surface area (Å²) in [7, 11) is 0. The van der Waals surface area contributed by atoms with E-state index in [2.05, 4.69) is 10.1 Å². The minimum Gasteiger partial charge on any atom is -0.466 e. The summed E-state index contributed by atoms with van der Waals surface area (Å²) in [5.41, 5.74) is 8.23. The predicted octanol–water partition coefficient (Wildman–Crippen LogP) is 3.89. The molecule has 2 aliphatic carbocycles. The number of aromatic nitrogens is 3. The molecule has 0 aliphatic heterocycles. The van der Waals surface area contributed by atoms with Crippen molar-refractivity contribution >= 4 is 24.0 Å². The third kappa shape index (κ3) is 4.86. The van der Waals surface area contributed by atoms with E-state index in [1.807, 2.05) is 6.20 Å². The van der Waals surface area contributed by atoms with Gasteiger partial charge < -0.3 is 10.5 Å². The van der Waals surface area contributed by atoms with Crippen LogP contribution in [0.4, 0.5) is 8.78 Å². The summed E-state index contributed by atoms with van der Waals surface area (Å²) >= 11 is 0. The Balaban J connectivity index is 0.00000240. The number of hydrogen-bond donors (Lipinski definition) is 1. The molecular formula is C20H27ClF2N4O2. The van der Waals surface area contributed by atoms with Crippen LogP contribution in [0.2, 0.25) is 0 Å². The average Bonchev–Trinajstić information content (AvgIpc) is 3.59. The number of nitrogens with two attached hydrogens (primary N) is 1. The van der Waals surface area contributed by atoms with Crippen LogP contribution in [0.15, 0.2) is 18.5 Å². The Bertz CT molecular complexity index is 842. The molecule has 9 heteroatoms. The van der Waals surface area contributed by atoms with Crippen molar-refractivity contribution in [2.75, 3.05) is 6.61 Å². The number of fused-ring (bicyclic) bond motifs is 1. The van der Waals surface area contributed by atoms with Crippen molar-refractivity contribution in [2.24, 2.45) is 23.5 Å². The van der Waals surface area contributed by atoms with Crippen LogP contribution in [0, 0.1) is 17.8 Å². The molecule has 2 aromatic heterocycles. The Morgan fingerprint density at radius 1 is 1.31 bits per heavy atom. The summed E-state index contributed by atoms with van der Waals surface area (Å²) < 4.78 is 32.5. The second kappa shape index (κ2) is 8.92. The third-order valence-corrected chi connectivity index (χ3v) is 5.84. The van der Waals surface area contributed by atoms with Gasteiger partial charge in [0.25, 0.3) is 0 Å². The van der Waals surface area contributed by atoms with Gasteiger partial charge in [0.2, 0.25) is 6.43 Å². The number of carbonyl (C=O) groups is 1. The predicted molar refractivity (Wildman–Crippen MR) is 106 cm³/mol. The number of imidazole rings is 1. The third-order valence-electron chi connectivity index (χ3n) is 5.84. The molecule has 0 saturated heterocycles. The maximum atomic E-state index is 13.0. The minimum absolute atomic E-state index is 0. The second-order valence-corrected chi connectivity index (χ2v) is 7.97. The fraction of sp³-hybridized carbons (Fsp3) is 0.650. The lowest BCUT2D eigenvalue weighted by molar-refractivity contribution is -0.146. The molecule has 0 spiro atoms. The van der Waals surface area contributed by atoms with E-state index in [1.54, 1.807) is 17.5 Å². The zero-order valence-electron chi connectivity index (χ0n) is 16.3. The molecule has 2 saturated carbocycles. The van der Waals surface area contributed by atoms with Crippen LogP contribution in [0.5, 0.6) is 0 Å². The summed E-state index contributed by atoms with van der Waals surface area (Å²) in [5, 5.41) is 4.28. The highest BCUT2D eigenvalue weighted by Crippen LogP contribution is 2.53. The van der Waals surface area contributed by atoms with E-state index in [1.165, 1.54) is 31.9 Å². The number of ether oxygens (including phenoxy) is 1. The van der Waals surface area contributed by atoms with Crippen LogP contribution in [0.25, 0.3) is 5.65 Å². The molecule has 2 N–H and O–H groups in total. The van der Waals surface area contributed by atoms with Gasteiger partial charge in [-0.15, -0.1) is 12.4 Å². The fourth-order valence-electron chi connectivity index (χ4n) is 4.18. The number of halogens is 3. The minimum atomic E-state index is -2.62. The van der Waals surface area contributed by atoms with E-state index in [9.17, 15) is 13.6 Å². The molecule has 6 nitrogen and oxygen atoms in total. The maximum Gasteiger partial charge on any atom is 0.313 e. The van der Waals surface area contributed by atoms with Gasteiger partial charge in [-0.2, -0.15) is 5.10 Å². The van der Waals surface area contributed by atoms with Gasteiger partial charge in [-0.25, -0.2) is 18.3 Å². The number of nitrogens with zero attached hydrogens (tertiary/aromatic N) is 3. The molecule has 0 aromatic carbocycles. The van der Waals surface area contributed by atoms with Crippen molar-refractivity contribution in [1.82, 2.24) is 14.6 Å². The quantitative estimate of drug-likeness (QED) is 0.612. The molecule has 29 heavy (non-hydrogen) atoms. The van der Waals surface area contributed by atoms with Gasteiger partial charge in [-0.3, -0.25) is 4.79 Å². The SMILES string of the molecule is CCOC(=O)C(CC(F)F)c1cnn2cc([C@@H](N)C(C3CC3)C3CC3)nc2c1.Cl. The molecule has 4 rings (SSSR count). The van der Waals surface area contributed by atoms with Crippen LogP contribution in [-0.4, -0.2) is 33.6 Å². The molecule has 2 aliphatic rings. The molecule has 2 heterocycles. The summed E-state index contributed by atoms with van der Waals surface area (Å²) in [4.78, 5) is 16.8. The first-order valence-corrected chi connectivity index (χ1v) is 10.0. The molecule has 0 bridgehead atoms. The summed E-state index contributed by atoms with van der Waals surface area (Å²) in [5.74, 6) is 0.109. The molecule has 2 aromatic rings. The summed E-state index contributed by atoms with van der Waals surface area (Å²) in [6, 6.07) is 1.49. The second-order valence-electron chi connectivity index (χ2n) is 7.97. The number of rotatable bonds is 9. The van der Waals surface area contributed by atoms with E-state index in [0.29, 0.717) is 29.0 Å². The Labute approximate surface area is 174 Å². The lowest BCUT2D eigenvalue weighted by Crippen LogP contribution is -2.25. The number of esters is 1. The van der Waals surface area contributed by atoms with Gasteiger partial charge in [-0.1, -0.05) is 0 Å². The van der Waals surface area contributed by atoms with Crippen LogP contribution in [0.1, 0.15) is 62.2 Å². The highest BCUT2D eigenvalue weighted by atomic mass is 35.5. The maximum absolute atomic E-state index is 13.0. The van der Waals surface area contributed by atoms with E-state index >= 15 is 0 Å². The molecule has 1 unspecified atom stereocenters. The van der Waals surface area contributed by atoms with Crippen LogP contribution < -0.4 is 5.73 Å². The van der Waals surface area contributed by atoms with Crippen molar-refractivity contribution in [3.05, 3.63) is 29.7 Å². The Morgan fingerprint density at radius 2 is 1.97 bits per heavy atom. The first-order valence-electron chi connectivity index (χ1n) is 10.0. The Morgan fingerprint density at radius 3 is 2.52 bits per heavy atom. The molecular weight excluding hydrogens is 402 g/mol. The Kier molecular flexibility index (Phi) is 6.73. The van der Waals surface area contributed by atoms with E-state index < -0.39 is 24.7 Å². The molecule has 0 amide bonds. The monoisotopic (exact) mass is 428 g/mol. The van der Waals surface area contributed by atoms with Gasteiger partial charge in [0, 0.05) is 6.42 Å². The number of alkyl halides is 2. The van der Waals surface area contributed by atoms with Crippen LogP contribution in [0.3, 0.4) is 0 Å². The van der Waals surface area contributed by atoms with Gasteiger partial charge in [0.05, 0.1) is 36.7 Å². The van der Waals surface area contributed by atoms with Crippen molar-refractivity contribution in [1.29, 1.82) is 0 Å². The first-order chi connectivity index (χ1) is 13.5. The average molecular weight is 429 g/mol. The first kappa shape index (κ1) is 21.9.